The minimum atomic E-state index is -0.357. The van der Waals surface area contributed by atoms with Gasteiger partial charge in [0.1, 0.15) is 5.82 Å². The van der Waals surface area contributed by atoms with Gasteiger partial charge in [-0.1, -0.05) is 23.7 Å². The van der Waals surface area contributed by atoms with Gasteiger partial charge in [0, 0.05) is 18.7 Å². The molecular weight excluding hydrogens is 319 g/mol. The molecular formula is C17H14ClFN2O2. The summed E-state index contributed by atoms with van der Waals surface area (Å²) in [6, 6.07) is 12.1. The Balaban J connectivity index is 1.69. The van der Waals surface area contributed by atoms with Crippen LogP contribution in [0.2, 0.25) is 5.02 Å². The second-order valence-electron chi connectivity index (χ2n) is 5.34. The molecule has 1 atom stereocenters. The summed E-state index contributed by atoms with van der Waals surface area (Å²) in [7, 11) is 0. The summed E-state index contributed by atoms with van der Waals surface area (Å²) in [5, 5.41) is 3.18. The fourth-order valence-electron chi connectivity index (χ4n) is 2.58. The van der Waals surface area contributed by atoms with Crippen molar-refractivity contribution in [2.24, 2.45) is 0 Å². The Hall–Kier alpha value is -2.40. The van der Waals surface area contributed by atoms with E-state index in [2.05, 4.69) is 5.32 Å². The Bertz CT molecular complexity index is 749. The second kappa shape index (κ2) is 6.38. The van der Waals surface area contributed by atoms with Crippen LogP contribution in [0.25, 0.3) is 0 Å². The predicted molar refractivity (Wildman–Crippen MR) is 86.1 cm³/mol. The van der Waals surface area contributed by atoms with Crippen molar-refractivity contribution in [1.29, 1.82) is 0 Å². The van der Waals surface area contributed by atoms with Crippen molar-refractivity contribution in [3.8, 4) is 0 Å². The number of nitrogens with zero attached hydrogens (tertiary/aromatic N) is 1. The van der Waals surface area contributed by atoms with Crippen LogP contribution in [0.1, 0.15) is 16.8 Å². The first-order chi connectivity index (χ1) is 11.0. The van der Waals surface area contributed by atoms with Crippen LogP contribution >= 0.6 is 11.6 Å². The average molecular weight is 333 g/mol. The maximum absolute atomic E-state index is 13.0. The van der Waals surface area contributed by atoms with E-state index in [-0.39, 0.29) is 30.1 Å². The SMILES string of the molecule is O=C(N[C@H]1CC(=O)N(c2ccc(F)cc2)C1)c1ccccc1Cl. The number of hydrogen-bond acceptors (Lipinski definition) is 2. The molecule has 2 aromatic rings. The standard InChI is InChI=1S/C17H14ClFN2O2/c18-15-4-2-1-3-14(15)17(23)20-12-9-16(22)21(10-12)13-7-5-11(19)6-8-13/h1-8,12H,9-10H2,(H,20,23)/t12-/m0/s1. The maximum Gasteiger partial charge on any atom is 0.253 e. The summed E-state index contributed by atoms with van der Waals surface area (Å²) < 4.78 is 13.0. The van der Waals surface area contributed by atoms with Crippen LogP contribution in [0.3, 0.4) is 0 Å². The zero-order valence-electron chi connectivity index (χ0n) is 12.1. The summed E-state index contributed by atoms with van der Waals surface area (Å²) >= 11 is 6.00. The fraction of sp³-hybridized carbons (Fsp3) is 0.176. The van der Waals surface area contributed by atoms with Gasteiger partial charge in [-0.05, 0) is 36.4 Å². The van der Waals surface area contributed by atoms with Gasteiger partial charge in [0.25, 0.3) is 5.91 Å². The van der Waals surface area contributed by atoms with Crippen molar-refractivity contribution in [2.75, 3.05) is 11.4 Å². The molecule has 2 aromatic carbocycles. The number of carbonyl (C=O) groups excluding carboxylic acids is 2. The molecule has 0 saturated carbocycles. The van der Waals surface area contributed by atoms with Crippen LogP contribution in [0.4, 0.5) is 10.1 Å². The van der Waals surface area contributed by atoms with Crippen molar-refractivity contribution in [1.82, 2.24) is 5.32 Å². The Labute approximate surface area is 137 Å². The van der Waals surface area contributed by atoms with Gasteiger partial charge in [-0.3, -0.25) is 9.59 Å². The first kappa shape index (κ1) is 15.5. The topological polar surface area (TPSA) is 49.4 Å². The second-order valence-corrected chi connectivity index (χ2v) is 5.74. The summed E-state index contributed by atoms with van der Waals surface area (Å²) in [5.41, 5.74) is 0.993. The summed E-state index contributed by atoms with van der Waals surface area (Å²) in [6.07, 6.45) is 0.202. The third-order valence-electron chi connectivity index (χ3n) is 3.72. The minimum absolute atomic E-state index is 0.110. The third-order valence-corrected chi connectivity index (χ3v) is 4.05. The highest BCUT2D eigenvalue weighted by atomic mass is 35.5. The fourth-order valence-corrected chi connectivity index (χ4v) is 2.80. The minimum Gasteiger partial charge on any atom is -0.347 e. The van der Waals surface area contributed by atoms with Gasteiger partial charge in [0.2, 0.25) is 5.91 Å². The van der Waals surface area contributed by atoms with E-state index >= 15 is 0 Å². The Morgan fingerprint density at radius 1 is 1.17 bits per heavy atom. The highest BCUT2D eigenvalue weighted by molar-refractivity contribution is 6.33. The van der Waals surface area contributed by atoms with E-state index in [1.54, 1.807) is 36.4 Å². The highest BCUT2D eigenvalue weighted by Gasteiger charge is 2.31. The zero-order valence-corrected chi connectivity index (χ0v) is 12.9. The van der Waals surface area contributed by atoms with E-state index in [9.17, 15) is 14.0 Å². The van der Waals surface area contributed by atoms with Crippen molar-refractivity contribution in [3.63, 3.8) is 0 Å². The first-order valence-corrected chi connectivity index (χ1v) is 7.54. The maximum atomic E-state index is 13.0. The molecule has 0 spiro atoms. The molecule has 1 aliphatic rings. The largest absolute Gasteiger partial charge is 0.347 e. The van der Waals surface area contributed by atoms with E-state index in [1.807, 2.05) is 0 Å². The molecule has 0 radical (unpaired) electrons. The van der Waals surface area contributed by atoms with Gasteiger partial charge in [-0.2, -0.15) is 0 Å². The molecule has 0 aromatic heterocycles. The number of hydrogen-bond donors (Lipinski definition) is 1. The van der Waals surface area contributed by atoms with Gasteiger partial charge < -0.3 is 10.2 Å². The molecule has 3 rings (SSSR count). The molecule has 118 valence electrons. The molecule has 0 bridgehead atoms. The summed E-state index contributed by atoms with van der Waals surface area (Å²) in [6.45, 7) is 0.348. The van der Waals surface area contributed by atoms with Crippen LogP contribution in [0, 0.1) is 5.82 Å². The van der Waals surface area contributed by atoms with E-state index in [1.165, 1.54) is 17.0 Å². The molecule has 0 unspecified atom stereocenters. The molecule has 2 amide bonds. The molecule has 1 fully saturated rings. The summed E-state index contributed by atoms with van der Waals surface area (Å²) in [4.78, 5) is 25.9. The highest BCUT2D eigenvalue weighted by Crippen LogP contribution is 2.22. The van der Waals surface area contributed by atoms with E-state index < -0.39 is 0 Å². The normalized spacial score (nSPS) is 17.4. The quantitative estimate of drug-likeness (QED) is 0.939. The first-order valence-electron chi connectivity index (χ1n) is 7.16. The van der Waals surface area contributed by atoms with Crippen molar-refractivity contribution in [3.05, 3.63) is 64.9 Å². The molecule has 1 heterocycles. The number of halogens is 2. The number of anilines is 1. The predicted octanol–water partition coefficient (Wildman–Crippen LogP) is 3.01. The molecule has 23 heavy (non-hydrogen) atoms. The average Bonchev–Trinajstić information content (AvgIpc) is 2.89. The van der Waals surface area contributed by atoms with Crippen LogP contribution in [0.5, 0.6) is 0 Å². The smallest absolute Gasteiger partial charge is 0.253 e. The van der Waals surface area contributed by atoms with Gasteiger partial charge >= 0.3 is 0 Å². The van der Waals surface area contributed by atoms with E-state index in [4.69, 9.17) is 11.6 Å². The summed E-state index contributed by atoms with van der Waals surface area (Å²) in [5.74, 6) is -0.778. The number of amides is 2. The number of nitrogens with one attached hydrogen (secondary N) is 1. The number of benzene rings is 2. The lowest BCUT2D eigenvalue weighted by atomic mass is 10.2. The molecule has 6 heteroatoms. The van der Waals surface area contributed by atoms with E-state index in [0.29, 0.717) is 22.8 Å². The third kappa shape index (κ3) is 3.35. The molecule has 1 aliphatic heterocycles. The Morgan fingerprint density at radius 2 is 1.87 bits per heavy atom. The molecule has 1 N–H and O–H groups in total. The van der Waals surface area contributed by atoms with Crippen molar-refractivity contribution >= 4 is 29.1 Å². The van der Waals surface area contributed by atoms with Gasteiger partial charge in [-0.15, -0.1) is 0 Å². The van der Waals surface area contributed by atoms with Crippen molar-refractivity contribution in [2.45, 2.75) is 12.5 Å². The monoisotopic (exact) mass is 332 g/mol. The van der Waals surface area contributed by atoms with Gasteiger partial charge in [0.15, 0.2) is 0 Å². The van der Waals surface area contributed by atoms with Gasteiger partial charge in [0.05, 0.1) is 16.6 Å². The van der Waals surface area contributed by atoms with Gasteiger partial charge in [-0.25, -0.2) is 4.39 Å². The number of carbonyl (C=O) groups is 2. The molecule has 0 aliphatic carbocycles. The van der Waals surface area contributed by atoms with Crippen LogP contribution in [-0.4, -0.2) is 24.4 Å². The molecule has 1 saturated heterocycles. The van der Waals surface area contributed by atoms with Crippen molar-refractivity contribution < 1.29 is 14.0 Å². The van der Waals surface area contributed by atoms with Crippen LogP contribution in [0.15, 0.2) is 48.5 Å². The Morgan fingerprint density at radius 3 is 2.57 bits per heavy atom. The Kier molecular flexibility index (Phi) is 4.30. The van der Waals surface area contributed by atoms with Crippen LogP contribution < -0.4 is 10.2 Å². The number of rotatable bonds is 3. The van der Waals surface area contributed by atoms with E-state index in [0.717, 1.165) is 0 Å². The van der Waals surface area contributed by atoms with Crippen LogP contribution in [-0.2, 0) is 4.79 Å². The lowest BCUT2D eigenvalue weighted by Gasteiger charge is -2.17. The lowest BCUT2D eigenvalue weighted by molar-refractivity contribution is -0.117. The molecule has 4 nitrogen and oxygen atoms in total. The zero-order chi connectivity index (χ0) is 16.4. The lowest BCUT2D eigenvalue weighted by Crippen LogP contribution is -2.37.